The lowest BCUT2D eigenvalue weighted by Gasteiger charge is -2.26. The zero-order valence-corrected chi connectivity index (χ0v) is 10.7. The van der Waals surface area contributed by atoms with Crippen molar-refractivity contribution in [1.82, 2.24) is 4.90 Å². The van der Waals surface area contributed by atoms with E-state index in [-0.39, 0.29) is 11.9 Å². The molecule has 1 aliphatic heterocycles. The smallest absolute Gasteiger partial charge is 0.240 e. The lowest BCUT2D eigenvalue weighted by molar-refractivity contribution is -0.133. The monoisotopic (exact) mass is 250 g/mol. The predicted molar refractivity (Wildman–Crippen MR) is 70.8 cm³/mol. The Morgan fingerprint density at radius 3 is 3.24 bits per heavy atom. The van der Waals surface area contributed by atoms with Crippen LogP contribution in [-0.4, -0.2) is 23.4 Å². The minimum absolute atomic E-state index is 0.0563. The Morgan fingerprint density at radius 1 is 1.76 bits per heavy atom. The maximum atomic E-state index is 12.2. The third kappa shape index (κ3) is 2.58. The van der Waals surface area contributed by atoms with E-state index in [1.165, 1.54) is 4.88 Å². The molecule has 2 unspecified atom stereocenters. The number of likely N-dealkylation sites (tertiary alicyclic amines) is 1. The first-order valence-corrected chi connectivity index (χ1v) is 6.82. The number of amides is 1. The molecule has 3 nitrogen and oxygen atoms in total. The second kappa shape index (κ2) is 5.47. The van der Waals surface area contributed by atoms with Gasteiger partial charge in [0.25, 0.3) is 0 Å². The molecule has 17 heavy (non-hydrogen) atoms. The Labute approximate surface area is 106 Å². The van der Waals surface area contributed by atoms with Crippen LogP contribution in [0.2, 0.25) is 0 Å². The third-order valence-electron chi connectivity index (χ3n) is 3.15. The van der Waals surface area contributed by atoms with Gasteiger partial charge in [-0.15, -0.1) is 17.9 Å². The normalized spacial score (nSPS) is 21.5. The van der Waals surface area contributed by atoms with Crippen LogP contribution in [0.1, 0.15) is 30.2 Å². The second-order valence-corrected chi connectivity index (χ2v) is 5.32. The molecule has 1 saturated heterocycles. The lowest BCUT2D eigenvalue weighted by atomic mass is 10.1. The van der Waals surface area contributed by atoms with Gasteiger partial charge in [-0.3, -0.25) is 4.79 Å². The van der Waals surface area contributed by atoms with Crippen LogP contribution in [0.4, 0.5) is 0 Å². The van der Waals surface area contributed by atoms with Gasteiger partial charge in [-0.05, 0) is 30.7 Å². The lowest BCUT2D eigenvalue weighted by Crippen LogP contribution is -2.42. The topological polar surface area (TPSA) is 46.3 Å². The minimum atomic E-state index is -0.437. The number of rotatable bonds is 4. The van der Waals surface area contributed by atoms with E-state index in [2.05, 4.69) is 18.0 Å². The first-order chi connectivity index (χ1) is 8.24. The van der Waals surface area contributed by atoms with E-state index in [9.17, 15) is 4.79 Å². The quantitative estimate of drug-likeness (QED) is 0.834. The summed E-state index contributed by atoms with van der Waals surface area (Å²) in [6.45, 7) is 4.46. The van der Waals surface area contributed by atoms with E-state index in [4.69, 9.17) is 5.73 Å². The molecule has 0 spiro atoms. The van der Waals surface area contributed by atoms with Gasteiger partial charge < -0.3 is 10.6 Å². The molecule has 2 heterocycles. The molecule has 1 amide bonds. The highest BCUT2D eigenvalue weighted by molar-refractivity contribution is 7.10. The number of nitrogens with zero attached hydrogens (tertiary/aromatic N) is 1. The molecule has 0 radical (unpaired) electrons. The van der Waals surface area contributed by atoms with Gasteiger partial charge in [0, 0.05) is 11.4 Å². The van der Waals surface area contributed by atoms with Crippen molar-refractivity contribution < 1.29 is 4.79 Å². The Balaban J connectivity index is 2.09. The largest absolute Gasteiger partial charge is 0.333 e. The highest BCUT2D eigenvalue weighted by atomic mass is 32.1. The molecule has 0 aromatic carbocycles. The van der Waals surface area contributed by atoms with Gasteiger partial charge in [-0.1, -0.05) is 12.1 Å². The van der Waals surface area contributed by atoms with E-state index in [1.807, 2.05) is 11.0 Å². The molecular formula is C13H18N2OS. The maximum Gasteiger partial charge on any atom is 0.240 e. The Hall–Kier alpha value is -1.13. The van der Waals surface area contributed by atoms with Crippen molar-refractivity contribution in [3.05, 3.63) is 35.0 Å². The number of carbonyl (C=O) groups excluding carboxylic acids is 1. The first-order valence-electron chi connectivity index (χ1n) is 5.94. The average molecular weight is 250 g/mol. The summed E-state index contributed by atoms with van der Waals surface area (Å²) in [6, 6.07) is 3.93. The molecule has 92 valence electrons. The molecule has 2 rings (SSSR count). The first kappa shape index (κ1) is 12.3. The van der Waals surface area contributed by atoms with Gasteiger partial charge in [0.15, 0.2) is 0 Å². The van der Waals surface area contributed by atoms with Crippen LogP contribution < -0.4 is 5.73 Å². The van der Waals surface area contributed by atoms with Gasteiger partial charge in [0.2, 0.25) is 5.91 Å². The molecule has 0 bridgehead atoms. The molecule has 2 N–H and O–H groups in total. The maximum absolute atomic E-state index is 12.2. The van der Waals surface area contributed by atoms with Crippen molar-refractivity contribution in [3.8, 4) is 0 Å². The second-order valence-electron chi connectivity index (χ2n) is 4.34. The summed E-state index contributed by atoms with van der Waals surface area (Å²) in [5.74, 6) is 0.0563. The number of carbonyl (C=O) groups is 1. The van der Waals surface area contributed by atoms with E-state index in [1.54, 1.807) is 17.4 Å². The molecule has 0 aliphatic carbocycles. The number of hydrogen-bond donors (Lipinski definition) is 1. The third-order valence-corrected chi connectivity index (χ3v) is 4.12. The van der Waals surface area contributed by atoms with Gasteiger partial charge in [-0.2, -0.15) is 0 Å². The fraction of sp³-hybridized carbons (Fsp3) is 0.462. The highest BCUT2D eigenvalue weighted by Crippen LogP contribution is 2.34. The molecule has 0 saturated carbocycles. The van der Waals surface area contributed by atoms with Crippen molar-refractivity contribution in [2.24, 2.45) is 5.73 Å². The Kier molecular flexibility index (Phi) is 3.97. The van der Waals surface area contributed by atoms with Crippen LogP contribution in [-0.2, 0) is 4.79 Å². The Morgan fingerprint density at radius 2 is 2.59 bits per heavy atom. The van der Waals surface area contributed by atoms with Crippen LogP contribution in [0.15, 0.2) is 30.2 Å². The number of nitrogens with two attached hydrogens (primary N) is 1. The average Bonchev–Trinajstić information content (AvgIpc) is 2.98. The zero-order chi connectivity index (χ0) is 12.3. The molecular weight excluding hydrogens is 232 g/mol. The molecule has 1 aliphatic rings. The van der Waals surface area contributed by atoms with Gasteiger partial charge >= 0.3 is 0 Å². The summed E-state index contributed by atoms with van der Waals surface area (Å²) < 4.78 is 0. The van der Waals surface area contributed by atoms with Crippen molar-refractivity contribution in [3.63, 3.8) is 0 Å². The number of hydrogen-bond acceptors (Lipinski definition) is 3. The van der Waals surface area contributed by atoms with Crippen LogP contribution >= 0.6 is 11.3 Å². The van der Waals surface area contributed by atoms with Crippen molar-refractivity contribution >= 4 is 17.2 Å². The van der Waals surface area contributed by atoms with Gasteiger partial charge in [-0.25, -0.2) is 0 Å². The summed E-state index contributed by atoms with van der Waals surface area (Å²) in [5.41, 5.74) is 5.86. The molecule has 1 aromatic rings. The van der Waals surface area contributed by atoms with Gasteiger partial charge in [0.05, 0.1) is 12.1 Å². The van der Waals surface area contributed by atoms with Gasteiger partial charge in [0.1, 0.15) is 0 Å². The SMILES string of the molecule is C=CCC(N)C(=O)N1CCCC1c1cccs1. The minimum Gasteiger partial charge on any atom is -0.333 e. The van der Waals surface area contributed by atoms with Crippen molar-refractivity contribution in [1.29, 1.82) is 0 Å². The van der Waals surface area contributed by atoms with E-state index in [0.29, 0.717) is 6.42 Å². The summed E-state index contributed by atoms with van der Waals surface area (Å²) in [6.07, 6.45) is 4.37. The van der Waals surface area contributed by atoms with E-state index < -0.39 is 6.04 Å². The fourth-order valence-electron chi connectivity index (χ4n) is 2.30. The zero-order valence-electron chi connectivity index (χ0n) is 9.84. The predicted octanol–water partition coefficient (Wildman–Crippen LogP) is 2.32. The molecule has 2 atom stereocenters. The Bertz CT molecular complexity index is 388. The molecule has 4 heteroatoms. The summed E-state index contributed by atoms with van der Waals surface area (Å²) >= 11 is 1.71. The van der Waals surface area contributed by atoms with Crippen LogP contribution in [0.25, 0.3) is 0 Å². The van der Waals surface area contributed by atoms with Crippen LogP contribution in [0.5, 0.6) is 0 Å². The van der Waals surface area contributed by atoms with E-state index >= 15 is 0 Å². The van der Waals surface area contributed by atoms with Crippen molar-refractivity contribution in [2.75, 3.05) is 6.54 Å². The fourth-order valence-corrected chi connectivity index (χ4v) is 3.17. The summed E-state index contributed by atoms with van der Waals surface area (Å²) in [4.78, 5) is 15.4. The van der Waals surface area contributed by atoms with E-state index in [0.717, 1.165) is 19.4 Å². The number of thiophene rings is 1. The standard InChI is InChI=1S/C13H18N2OS/c1-2-5-10(14)13(16)15-8-3-6-11(15)12-7-4-9-17-12/h2,4,7,9-11H,1,3,5-6,8,14H2. The van der Waals surface area contributed by atoms with Crippen LogP contribution in [0.3, 0.4) is 0 Å². The molecule has 1 aromatic heterocycles. The summed E-state index contributed by atoms with van der Waals surface area (Å²) in [7, 11) is 0. The highest BCUT2D eigenvalue weighted by Gasteiger charge is 2.32. The summed E-state index contributed by atoms with van der Waals surface area (Å²) in [5, 5.41) is 2.06. The van der Waals surface area contributed by atoms with Crippen LogP contribution in [0, 0.1) is 0 Å². The molecule has 1 fully saturated rings. The van der Waals surface area contributed by atoms with Crippen molar-refractivity contribution in [2.45, 2.75) is 31.3 Å².